The van der Waals surface area contributed by atoms with Crippen molar-refractivity contribution in [3.8, 4) is 0 Å². The molecule has 1 saturated carbocycles. The Balaban J connectivity index is 2.18. The first-order valence-corrected chi connectivity index (χ1v) is 6.02. The summed E-state index contributed by atoms with van der Waals surface area (Å²) in [5, 5.41) is 0.728. The highest BCUT2D eigenvalue weighted by molar-refractivity contribution is 6.30. The van der Waals surface area contributed by atoms with Crippen LogP contribution in [0.3, 0.4) is 0 Å². The Morgan fingerprint density at radius 3 is 2.62 bits per heavy atom. The van der Waals surface area contributed by atoms with Crippen molar-refractivity contribution in [2.45, 2.75) is 26.2 Å². The van der Waals surface area contributed by atoms with E-state index in [2.05, 4.69) is 6.92 Å². The molecule has 0 spiro atoms. The highest BCUT2D eigenvalue weighted by Crippen LogP contribution is 2.26. The summed E-state index contributed by atoms with van der Waals surface area (Å²) >= 11 is 5.81. The maximum atomic E-state index is 11.8. The van der Waals surface area contributed by atoms with Crippen LogP contribution in [0.5, 0.6) is 0 Å². The van der Waals surface area contributed by atoms with Gasteiger partial charge in [0.25, 0.3) is 0 Å². The van der Waals surface area contributed by atoms with Gasteiger partial charge < -0.3 is 0 Å². The molecule has 1 unspecified atom stereocenters. The number of allylic oxidation sites excluding steroid dienone is 1. The molecule has 2 rings (SSSR count). The standard InChI is InChI=1S/C14H15ClO/c1-10-2-5-12(14(16)8-10)9-11-3-6-13(15)7-4-11/h3-4,6-7,9-10H,2,5,8H2,1H3. The van der Waals surface area contributed by atoms with Gasteiger partial charge in [0.15, 0.2) is 5.78 Å². The lowest BCUT2D eigenvalue weighted by molar-refractivity contribution is -0.117. The van der Waals surface area contributed by atoms with Crippen LogP contribution in [0.25, 0.3) is 6.08 Å². The van der Waals surface area contributed by atoms with Gasteiger partial charge in [-0.15, -0.1) is 0 Å². The first-order chi connectivity index (χ1) is 7.65. The Bertz CT molecular complexity index is 417. The highest BCUT2D eigenvalue weighted by Gasteiger charge is 2.20. The summed E-state index contributed by atoms with van der Waals surface area (Å²) in [5.41, 5.74) is 2.02. The van der Waals surface area contributed by atoms with E-state index in [1.807, 2.05) is 30.3 Å². The van der Waals surface area contributed by atoms with Gasteiger partial charge in [0, 0.05) is 11.4 Å². The third kappa shape index (κ3) is 2.73. The van der Waals surface area contributed by atoms with Crippen LogP contribution < -0.4 is 0 Å². The van der Waals surface area contributed by atoms with Crippen LogP contribution in [0.15, 0.2) is 29.8 Å². The predicted molar refractivity (Wildman–Crippen MR) is 67.5 cm³/mol. The summed E-state index contributed by atoms with van der Waals surface area (Å²) in [5.74, 6) is 0.837. The monoisotopic (exact) mass is 234 g/mol. The van der Waals surface area contributed by atoms with E-state index < -0.39 is 0 Å². The van der Waals surface area contributed by atoms with Gasteiger partial charge in [0.05, 0.1) is 0 Å². The zero-order valence-corrected chi connectivity index (χ0v) is 10.1. The second-order valence-electron chi connectivity index (χ2n) is 4.49. The number of rotatable bonds is 1. The topological polar surface area (TPSA) is 17.1 Å². The molecule has 2 heteroatoms. The Morgan fingerprint density at radius 1 is 1.31 bits per heavy atom. The second kappa shape index (κ2) is 4.84. The normalized spacial score (nSPS) is 23.8. The molecule has 0 aromatic heterocycles. The van der Waals surface area contributed by atoms with Crippen LogP contribution in [0.1, 0.15) is 31.7 Å². The van der Waals surface area contributed by atoms with Gasteiger partial charge in [0.2, 0.25) is 0 Å². The molecule has 0 saturated heterocycles. The number of carbonyl (C=O) groups excluding carboxylic acids is 1. The Labute approximate surface area is 101 Å². The van der Waals surface area contributed by atoms with Crippen molar-refractivity contribution in [2.75, 3.05) is 0 Å². The van der Waals surface area contributed by atoms with Gasteiger partial charge in [0.1, 0.15) is 0 Å². The molecule has 16 heavy (non-hydrogen) atoms. The number of ketones is 1. The molecule has 0 aliphatic heterocycles. The summed E-state index contributed by atoms with van der Waals surface area (Å²) in [6, 6.07) is 7.59. The van der Waals surface area contributed by atoms with E-state index in [0.29, 0.717) is 18.1 Å². The van der Waals surface area contributed by atoms with Crippen molar-refractivity contribution >= 4 is 23.5 Å². The highest BCUT2D eigenvalue weighted by atomic mass is 35.5. The minimum absolute atomic E-state index is 0.300. The number of Topliss-reactive ketones (excluding diaryl/α,β-unsaturated/α-hetero) is 1. The van der Waals surface area contributed by atoms with Crippen molar-refractivity contribution in [1.82, 2.24) is 0 Å². The van der Waals surface area contributed by atoms with E-state index in [9.17, 15) is 4.79 Å². The molecule has 0 heterocycles. The van der Waals surface area contributed by atoms with Crippen LogP contribution in [-0.2, 0) is 4.79 Å². The van der Waals surface area contributed by atoms with Crippen molar-refractivity contribution < 1.29 is 4.79 Å². The first kappa shape index (κ1) is 11.4. The number of hydrogen-bond donors (Lipinski definition) is 0. The van der Waals surface area contributed by atoms with Crippen LogP contribution in [-0.4, -0.2) is 5.78 Å². The lowest BCUT2D eigenvalue weighted by atomic mass is 9.85. The fraction of sp³-hybridized carbons (Fsp3) is 0.357. The lowest BCUT2D eigenvalue weighted by Gasteiger charge is -2.18. The van der Waals surface area contributed by atoms with Crippen LogP contribution in [0.2, 0.25) is 5.02 Å². The van der Waals surface area contributed by atoms with E-state index in [0.717, 1.165) is 29.0 Å². The minimum atomic E-state index is 0.300. The summed E-state index contributed by atoms with van der Waals surface area (Å²) in [4.78, 5) is 11.8. The Kier molecular flexibility index (Phi) is 3.45. The molecule has 1 aliphatic rings. The maximum Gasteiger partial charge on any atom is 0.159 e. The zero-order chi connectivity index (χ0) is 11.5. The molecule has 1 fully saturated rings. The van der Waals surface area contributed by atoms with Crippen molar-refractivity contribution in [3.05, 3.63) is 40.4 Å². The average Bonchev–Trinajstić information content (AvgIpc) is 2.25. The molecule has 0 bridgehead atoms. The summed E-state index contributed by atoms with van der Waals surface area (Å²) in [6.45, 7) is 2.14. The quantitative estimate of drug-likeness (QED) is 0.669. The number of hydrogen-bond acceptors (Lipinski definition) is 1. The Morgan fingerprint density at radius 2 is 2.00 bits per heavy atom. The van der Waals surface area contributed by atoms with E-state index in [1.165, 1.54) is 0 Å². The SMILES string of the molecule is CC1CCC(=Cc2ccc(Cl)cc2)C(=O)C1. The molecule has 0 N–H and O–H groups in total. The third-order valence-electron chi connectivity index (χ3n) is 3.01. The van der Waals surface area contributed by atoms with Gasteiger partial charge in [-0.3, -0.25) is 4.79 Å². The van der Waals surface area contributed by atoms with Crippen LogP contribution in [0, 0.1) is 5.92 Å². The predicted octanol–water partition coefficient (Wildman–Crippen LogP) is 4.11. The van der Waals surface area contributed by atoms with E-state index in [4.69, 9.17) is 11.6 Å². The lowest BCUT2D eigenvalue weighted by Crippen LogP contribution is -2.15. The summed E-state index contributed by atoms with van der Waals surface area (Å²) in [6.07, 6.45) is 4.71. The largest absolute Gasteiger partial charge is 0.295 e. The van der Waals surface area contributed by atoms with Gasteiger partial charge in [-0.25, -0.2) is 0 Å². The summed E-state index contributed by atoms with van der Waals surface area (Å²) < 4.78 is 0. The smallest absolute Gasteiger partial charge is 0.159 e. The third-order valence-corrected chi connectivity index (χ3v) is 3.26. The van der Waals surface area contributed by atoms with Gasteiger partial charge >= 0.3 is 0 Å². The van der Waals surface area contributed by atoms with Crippen molar-refractivity contribution in [1.29, 1.82) is 0 Å². The minimum Gasteiger partial charge on any atom is -0.295 e. The number of halogens is 1. The van der Waals surface area contributed by atoms with Crippen LogP contribution in [0.4, 0.5) is 0 Å². The molecule has 0 radical (unpaired) electrons. The molecule has 0 amide bonds. The molecule has 1 aliphatic carbocycles. The molecule has 84 valence electrons. The first-order valence-electron chi connectivity index (χ1n) is 5.64. The van der Waals surface area contributed by atoms with E-state index in [1.54, 1.807) is 0 Å². The average molecular weight is 235 g/mol. The maximum absolute atomic E-state index is 11.8. The van der Waals surface area contributed by atoms with Gasteiger partial charge in [-0.1, -0.05) is 30.7 Å². The van der Waals surface area contributed by atoms with Crippen LogP contribution >= 0.6 is 11.6 Å². The van der Waals surface area contributed by atoms with Crippen molar-refractivity contribution in [3.63, 3.8) is 0 Å². The molecule has 1 aromatic carbocycles. The molecule has 1 nitrogen and oxygen atoms in total. The zero-order valence-electron chi connectivity index (χ0n) is 9.37. The number of benzene rings is 1. The fourth-order valence-electron chi connectivity index (χ4n) is 2.00. The Hall–Kier alpha value is -1.08. The van der Waals surface area contributed by atoms with Gasteiger partial charge in [-0.05, 0) is 48.1 Å². The number of carbonyl (C=O) groups is 1. The fourth-order valence-corrected chi connectivity index (χ4v) is 2.13. The summed E-state index contributed by atoms with van der Waals surface area (Å²) in [7, 11) is 0. The molecular formula is C14H15ClO. The molecule has 1 atom stereocenters. The second-order valence-corrected chi connectivity index (χ2v) is 4.93. The van der Waals surface area contributed by atoms with Crippen molar-refractivity contribution in [2.24, 2.45) is 5.92 Å². The van der Waals surface area contributed by atoms with Gasteiger partial charge in [-0.2, -0.15) is 0 Å². The van der Waals surface area contributed by atoms with E-state index >= 15 is 0 Å². The molecular weight excluding hydrogens is 220 g/mol. The molecule has 1 aromatic rings. The van der Waals surface area contributed by atoms with E-state index in [-0.39, 0.29) is 0 Å².